The van der Waals surface area contributed by atoms with Crippen LogP contribution in [-0.4, -0.2) is 33.5 Å². The average Bonchev–Trinajstić information content (AvgIpc) is 3.00. The van der Waals surface area contributed by atoms with Gasteiger partial charge in [0.2, 0.25) is 5.91 Å². The van der Waals surface area contributed by atoms with Crippen molar-refractivity contribution in [3.63, 3.8) is 0 Å². The summed E-state index contributed by atoms with van der Waals surface area (Å²) in [6, 6.07) is 7.31. The highest BCUT2D eigenvalue weighted by molar-refractivity contribution is 7.99. The van der Waals surface area contributed by atoms with E-state index in [9.17, 15) is 4.79 Å². The molecule has 0 bridgehead atoms. The molecule has 24 heavy (non-hydrogen) atoms. The van der Waals surface area contributed by atoms with Gasteiger partial charge < -0.3 is 14.6 Å². The van der Waals surface area contributed by atoms with E-state index in [4.69, 9.17) is 4.74 Å². The first-order valence-corrected chi connectivity index (χ1v) is 9.15. The third kappa shape index (κ3) is 4.99. The molecule has 1 N–H and O–H groups in total. The fraction of sp³-hybridized carbons (Fsp3) is 0.471. The van der Waals surface area contributed by atoms with Crippen molar-refractivity contribution in [1.82, 2.24) is 14.8 Å². The van der Waals surface area contributed by atoms with Crippen LogP contribution < -0.4 is 10.1 Å². The number of nitrogens with zero attached hydrogens (tertiary/aromatic N) is 3. The molecule has 6 nitrogen and oxygen atoms in total. The van der Waals surface area contributed by atoms with Crippen LogP contribution in [0.2, 0.25) is 0 Å². The number of aromatic nitrogens is 3. The fourth-order valence-corrected chi connectivity index (χ4v) is 3.11. The van der Waals surface area contributed by atoms with E-state index in [1.807, 2.05) is 18.2 Å². The molecule has 0 radical (unpaired) electrons. The van der Waals surface area contributed by atoms with E-state index in [2.05, 4.69) is 33.9 Å². The van der Waals surface area contributed by atoms with Crippen molar-refractivity contribution >= 4 is 23.4 Å². The van der Waals surface area contributed by atoms with Crippen LogP contribution in [0, 0.1) is 0 Å². The van der Waals surface area contributed by atoms with E-state index in [1.165, 1.54) is 11.8 Å². The minimum Gasteiger partial charge on any atom is -0.497 e. The van der Waals surface area contributed by atoms with Gasteiger partial charge in [0.05, 0.1) is 12.9 Å². The highest BCUT2D eigenvalue weighted by Gasteiger charge is 2.13. The zero-order valence-corrected chi connectivity index (χ0v) is 15.2. The molecule has 2 aromatic rings. The van der Waals surface area contributed by atoms with E-state index in [-0.39, 0.29) is 5.91 Å². The molecule has 2 rings (SSSR count). The Kier molecular flexibility index (Phi) is 7.11. The van der Waals surface area contributed by atoms with E-state index in [0.717, 1.165) is 42.5 Å². The Morgan fingerprint density at radius 3 is 2.88 bits per heavy atom. The third-order valence-electron chi connectivity index (χ3n) is 3.55. The standard InChI is InChI=1S/C17H24N4O2S/c1-4-6-10-15-19-20-17(21(15)5-2)24-12-16(22)18-13-8-7-9-14(11-13)23-3/h7-9,11H,4-6,10,12H2,1-3H3,(H,18,22). The van der Waals surface area contributed by atoms with Gasteiger partial charge in [-0.25, -0.2) is 0 Å². The number of amides is 1. The van der Waals surface area contributed by atoms with Crippen LogP contribution in [0.3, 0.4) is 0 Å². The lowest BCUT2D eigenvalue weighted by atomic mass is 10.2. The Balaban J connectivity index is 1.92. The lowest BCUT2D eigenvalue weighted by molar-refractivity contribution is -0.113. The number of methoxy groups -OCH3 is 1. The van der Waals surface area contributed by atoms with Crippen molar-refractivity contribution in [3.8, 4) is 5.75 Å². The number of carbonyl (C=O) groups excluding carboxylic acids is 1. The topological polar surface area (TPSA) is 69.0 Å². The number of ether oxygens (including phenoxy) is 1. The first-order chi connectivity index (χ1) is 11.7. The summed E-state index contributed by atoms with van der Waals surface area (Å²) in [6.45, 7) is 5.04. The molecule has 7 heteroatoms. The number of benzene rings is 1. The van der Waals surface area contributed by atoms with E-state index in [0.29, 0.717) is 11.5 Å². The van der Waals surface area contributed by atoms with Crippen LogP contribution >= 0.6 is 11.8 Å². The van der Waals surface area contributed by atoms with Crippen LogP contribution in [0.15, 0.2) is 29.4 Å². The molecule has 0 atom stereocenters. The minimum absolute atomic E-state index is 0.0750. The zero-order chi connectivity index (χ0) is 17.4. The van der Waals surface area contributed by atoms with Crippen molar-refractivity contribution in [1.29, 1.82) is 0 Å². The molecule has 0 aliphatic carbocycles. The van der Waals surface area contributed by atoms with Gasteiger partial charge in [-0.3, -0.25) is 4.79 Å². The molecule has 1 aromatic carbocycles. The summed E-state index contributed by atoms with van der Waals surface area (Å²) in [6.07, 6.45) is 3.15. The van der Waals surface area contributed by atoms with Gasteiger partial charge >= 0.3 is 0 Å². The molecular formula is C17H24N4O2S. The van der Waals surface area contributed by atoms with Gasteiger partial charge in [-0.15, -0.1) is 10.2 Å². The van der Waals surface area contributed by atoms with Gasteiger partial charge in [0.15, 0.2) is 5.16 Å². The van der Waals surface area contributed by atoms with Gasteiger partial charge in [0.25, 0.3) is 0 Å². The lowest BCUT2D eigenvalue weighted by Gasteiger charge is -2.08. The number of nitrogens with one attached hydrogen (secondary N) is 1. The third-order valence-corrected chi connectivity index (χ3v) is 4.52. The second-order valence-electron chi connectivity index (χ2n) is 5.32. The first kappa shape index (κ1) is 18.3. The predicted octanol–water partition coefficient (Wildman–Crippen LogP) is 3.38. The fourth-order valence-electron chi connectivity index (χ4n) is 2.29. The molecule has 0 unspecified atom stereocenters. The number of hydrogen-bond donors (Lipinski definition) is 1. The Morgan fingerprint density at radius 2 is 2.17 bits per heavy atom. The van der Waals surface area contributed by atoms with Crippen molar-refractivity contribution in [2.24, 2.45) is 0 Å². The summed E-state index contributed by atoms with van der Waals surface area (Å²) in [4.78, 5) is 12.1. The Labute approximate surface area is 147 Å². The van der Waals surface area contributed by atoms with E-state index in [1.54, 1.807) is 13.2 Å². The van der Waals surface area contributed by atoms with Crippen LogP contribution in [-0.2, 0) is 17.8 Å². The highest BCUT2D eigenvalue weighted by atomic mass is 32.2. The molecule has 0 fully saturated rings. The van der Waals surface area contributed by atoms with Crippen molar-refractivity contribution < 1.29 is 9.53 Å². The van der Waals surface area contributed by atoms with Gasteiger partial charge in [-0.1, -0.05) is 31.2 Å². The van der Waals surface area contributed by atoms with Crippen LogP contribution in [0.25, 0.3) is 0 Å². The van der Waals surface area contributed by atoms with E-state index >= 15 is 0 Å². The number of unbranched alkanes of at least 4 members (excludes halogenated alkanes) is 1. The number of hydrogen-bond acceptors (Lipinski definition) is 5. The number of carbonyl (C=O) groups is 1. The van der Waals surface area contributed by atoms with Crippen molar-refractivity contribution in [3.05, 3.63) is 30.1 Å². The molecule has 0 aliphatic heterocycles. The highest BCUT2D eigenvalue weighted by Crippen LogP contribution is 2.20. The molecule has 0 saturated heterocycles. The SMILES string of the molecule is CCCCc1nnc(SCC(=O)Nc2cccc(OC)c2)n1CC. The second-order valence-corrected chi connectivity index (χ2v) is 6.26. The van der Waals surface area contributed by atoms with Crippen LogP contribution in [0.4, 0.5) is 5.69 Å². The summed E-state index contributed by atoms with van der Waals surface area (Å²) in [5.74, 6) is 1.93. The summed E-state index contributed by atoms with van der Waals surface area (Å²) < 4.78 is 7.24. The molecule has 130 valence electrons. The lowest BCUT2D eigenvalue weighted by Crippen LogP contribution is -2.14. The number of thioether (sulfide) groups is 1. The van der Waals surface area contributed by atoms with Gasteiger partial charge in [-0.05, 0) is 25.5 Å². The quantitative estimate of drug-likeness (QED) is 0.704. The molecule has 0 saturated carbocycles. The normalized spacial score (nSPS) is 10.6. The summed E-state index contributed by atoms with van der Waals surface area (Å²) >= 11 is 1.41. The maximum absolute atomic E-state index is 12.1. The molecule has 1 aromatic heterocycles. The number of rotatable bonds is 9. The monoisotopic (exact) mass is 348 g/mol. The Morgan fingerprint density at radius 1 is 1.33 bits per heavy atom. The first-order valence-electron chi connectivity index (χ1n) is 8.16. The number of aryl methyl sites for hydroxylation is 1. The van der Waals surface area contributed by atoms with Gasteiger partial charge in [0.1, 0.15) is 11.6 Å². The largest absolute Gasteiger partial charge is 0.497 e. The molecule has 0 spiro atoms. The predicted molar refractivity (Wildman–Crippen MR) is 96.7 cm³/mol. The molecular weight excluding hydrogens is 324 g/mol. The Hall–Kier alpha value is -2.02. The van der Waals surface area contributed by atoms with Gasteiger partial charge in [0, 0.05) is 24.7 Å². The Bertz CT molecular complexity index is 672. The minimum atomic E-state index is -0.0750. The van der Waals surface area contributed by atoms with Crippen molar-refractivity contribution in [2.45, 2.75) is 44.8 Å². The smallest absolute Gasteiger partial charge is 0.234 e. The molecule has 1 amide bonds. The van der Waals surface area contributed by atoms with Crippen molar-refractivity contribution in [2.75, 3.05) is 18.2 Å². The van der Waals surface area contributed by atoms with Crippen LogP contribution in [0.1, 0.15) is 32.5 Å². The van der Waals surface area contributed by atoms with E-state index < -0.39 is 0 Å². The van der Waals surface area contributed by atoms with Gasteiger partial charge in [-0.2, -0.15) is 0 Å². The summed E-state index contributed by atoms with van der Waals surface area (Å²) in [5, 5.41) is 12.1. The zero-order valence-electron chi connectivity index (χ0n) is 14.4. The average molecular weight is 348 g/mol. The second kappa shape index (κ2) is 9.32. The summed E-state index contributed by atoms with van der Waals surface area (Å²) in [7, 11) is 1.60. The maximum Gasteiger partial charge on any atom is 0.234 e. The van der Waals surface area contributed by atoms with Crippen LogP contribution in [0.5, 0.6) is 5.75 Å². The molecule has 0 aliphatic rings. The number of anilines is 1. The molecule has 1 heterocycles. The summed E-state index contributed by atoms with van der Waals surface area (Å²) in [5.41, 5.74) is 0.723. The maximum atomic E-state index is 12.1.